The maximum Gasteiger partial charge on any atom is 0.261 e. The van der Waals surface area contributed by atoms with Gasteiger partial charge in [0.1, 0.15) is 5.82 Å². The highest BCUT2D eigenvalue weighted by Crippen LogP contribution is 2.30. The first-order valence-corrected chi connectivity index (χ1v) is 11.9. The lowest BCUT2D eigenvalue weighted by Crippen LogP contribution is -2.41. The summed E-state index contributed by atoms with van der Waals surface area (Å²) in [6.07, 6.45) is 2.19. The Labute approximate surface area is 196 Å². The van der Waals surface area contributed by atoms with Crippen LogP contribution in [0.5, 0.6) is 0 Å². The van der Waals surface area contributed by atoms with Crippen molar-refractivity contribution in [1.82, 2.24) is 14.5 Å². The number of fused-ring (bicyclic) bond motifs is 1. The second kappa shape index (κ2) is 11.8. The van der Waals surface area contributed by atoms with Crippen molar-refractivity contribution >= 4 is 16.8 Å². The van der Waals surface area contributed by atoms with E-state index in [9.17, 15) is 9.59 Å². The summed E-state index contributed by atoms with van der Waals surface area (Å²) in [6.45, 7) is 7.56. The van der Waals surface area contributed by atoms with Crippen LogP contribution in [0.25, 0.3) is 10.9 Å². The van der Waals surface area contributed by atoms with Crippen molar-refractivity contribution in [3.05, 3.63) is 76.3 Å². The maximum absolute atomic E-state index is 13.9. The van der Waals surface area contributed by atoms with Crippen LogP contribution in [0.4, 0.5) is 0 Å². The van der Waals surface area contributed by atoms with Gasteiger partial charge in [0.05, 0.1) is 36.0 Å². The zero-order chi connectivity index (χ0) is 23.8. The van der Waals surface area contributed by atoms with Crippen LogP contribution in [0, 0.1) is 0 Å². The summed E-state index contributed by atoms with van der Waals surface area (Å²) in [5.41, 5.74) is 1.58. The number of rotatable bonds is 11. The van der Waals surface area contributed by atoms with Crippen LogP contribution in [0.3, 0.4) is 0 Å². The zero-order valence-corrected chi connectivity index (χ0v) is 20.2. The van der Waals surface area contributed by atoms with Gasteiger partial charge in [-0.15, -0.1) is 0 Å². The van der Waals surface area contributed by atoms with E-state index in [1.54, 1.807) is 17.7 Å². The lowest BCUT2D eigenvalue weighted by atomic mass is 9.94. The van der Waals surface area contributed by atoms with E-state index in [-0.39, 0.29) is 23.4 Å². The van der Waals surface area contributed by atoms with E-state index >= 15 is 0 Å². The Morgan fingerprint density at radius 1 is 1.03 bits per heavy atom. The monoisotopic (exact) mass is 449 g/mol. The van der Waals surface area contributed by atoms with Crippen LogP contribution in [-0.4, -0.2) is 40.6 Å². The smallest absolute Gasteiger partial charge is 0.261 e. The normalized spacial score (nSPS) is 13.1. The number of carbonyl (C=O) groups excluding carboxylic acids is 1. The molecule has 0 saturated heterocycles. The number of para-hydroxylation sites is 1. The Morgan fingerprint density at radius 2 is 1.73 bits per heavy atom. The lowest BCUT2D eigenvalue weighted by molar-refractivity contribution is -0.136. The molecule has 6 nitrogen and oxygen atoms in total. The highest BCUT2D eigenvalue weighted by molar-refractivity contribution is 5.84. The predicted octanol–water partition coefficient (Wildman–Crippen LogP) is 4.93. The molecule has 0 saturated carbocycles. The molecule has 2 aromatic carbocycles. The summed E-state index contributed by atoms with van der Waals surface area (Å²) >= 11 is 0. The molecule has 1 amide bonds. The minimum Gasteiger partial charge on any atom is -0.383 e. The third kappa shape index (κ3) is 5.33. The van der Waals surface area contributed by atoms with Crippen LogP contribution in [0.2, 0.25) is 0 Å². The molecular formula is C27H35N3O3. The highest BCUT2D eigenvalue weighted by atomic mass is 16.5. The summed E-state index contributed by atoms with van der Waals surface area (Å²) in [5, 5.41) is 0.580. The molecule has 3 aromatic rings. The standard InChI is InChI=1S/C27H35N3O3/c1-5-17-29(26(31)21(6-2)20-13-9-8-10-14-20)24(7-3)25-28-23-16-12-11-15-22(23)27(32)30(25)18-19-33-4/h8-16,21,24H,5-7,17-19H2,1-4H3. The molecule has 2 unspecified atom stereocenters. The van der Waals surface area contributed by atoms with E-state index in [4.69, 9.17) is 9.72 Å². The Balaban J connectivity index is 2.12. The van der Waals surface area contributed by atoms with E-state index in [1.807, 2.05) is 67.3 Å². The number of hydrogen-bond acceptors (Lipinski definition) is 4. The fraction of sp³-hybridized carbons (Fsp3) is 0.444. The first-order valence-electron chi connectivity index (χ1n) is 11.9. The van der Waals surface area contributed by atoms with Crippen molar-refractivity contribution in [2.75, 3.05) is 20.3 Å². The van der Waals surface area contributed by atoms with Crippen molar-refractivity contribution in [3.8, 4) is 0 Å². The van der Waals surface area contributed by atoms with Gasteiger partial charge >= 0.3 is 0 Å². The number of aromatic nitrogens is 2. The second-order valence-electron chi connectivity index (χ2n) is 8.26. The molecule has 2 atom stereocenters. The summed E-state index contributed by atoms with van der Waals surface area (Å²) in [7, 11) is 1.62. The number of hydrogen-bond donors (Lipinski definition) is 0. The quantitative estimate of drug-likeness (QED) is 0.417. The Morgan fingerprint density at radius 3 is 2.36 bits per heavy atom. The largest absolute Gasteiger partial charge is 0.383 e. The van der Waals surface area contributed by atoms with Gasteiger partial charge in [0.15, 0.2) is 0 Å². The molecule has 1 heterocycles. The first kappa shape index (κ1) is 24.6. The van der Waals surface area contributed by atoms with Crippen molar-refractivity contribution < 1.29 is 9.53 Å². The van der Waals surface area contributed by atoms with Crippen LogP contribution in [-0.2, 0) is 16.1 Å². The molecule has 0 bridgehead atoms. The Kier molecular flexibility index (Phi) is 8.78. The van der Waals surface area contributed by atoms with E-state index in [2.05, 4.69) is 6.92 Å². The van der Waals surface area contributed by atoms with Gasteiger partial charge in [-0.2, -0.15) is 0 Å². The van der Waals surface area contributed by atoms with Gasteiger partial charge in [0, 0.05) is 13.7 Å². The van der Waals surface area contributed by atoms with Gasteiger partial charge in [-0.3, -0.25) is 14.2 Å². The van der Waals surface area contributed by atoms with Crippen LogP contribution >= 0.6 is 0 Å². The number of ether oxygens (including phenoxy) is 1. The molecule has 0 aliphatic rings. The molecule has 0 fully saturated rings. The minimum absolute atomic E-state index is 0.0816. The van der Waals surface area contributed by atoms with E-state index in [1.165, 1.54) is 0 Å². The van der Waals surface area contributed by atoms with E-state index < -0.39 is 0 Å². The third-order valence-corrected chi connectivity index (χ3v) is 6.13. The zero-order valence-electron chi connectivity index (χ0n) is 20.2. The molecule has 0 aliphatic carbocycles. The van der Waals surface area contributed by atoms with Crippen LogP contribution < -0.4 is 5.56 Å². The van der Waals surface area contributed by atoms with Crippen molar-refractivity contribution in [2.45, 2.75) is 58.5 Å². The number of carbonyl (C=O) groups is 1. The summed E-state index contributed by atoms with van der Waals surface area (Å²) in [5.74, 6) is 0.479. The highest BCUT2D eigenvalue weighted by Gasteiger charge is 2.32. The first-order chi connectivity index (χ1) is 16.1. The molecule has 3 rings (SSSR count). The van der Waals surface area contributed by atoms with Gasteiger partial charge in [0.2, 0.25) is 5.91 Å². The average Bonchev–Trinajstić information content (AvgIpc) is 2.84. The maximum atomic E-state index is 13.9. The second-order valence-corrected chi connectivity index (χ2v) is 8.26. The summed E-state index contributed by atoms with van der Waals surface area (Å²) in [6, 6.07) is 17.0. The van der Waals surface area contributed by atoms with E-state index in [0.29, 0.717) is 49.3 Å². The van der Waals surface area contributed by atoms with Crippen LogP contribution in [0.15, 0.2) is 59.4 Å². The molecule has 0 spiro atoms. The molecule has 33 heavy (non-hydrogen) atoms. The van der Waals surface area contributed by atoms with Crippen molar-refractivity contribution in [2.24, 2.45) is 0 Å². The number of methoxy groups -OCH3 is 1. The van der Waals surface area contributed by atoms with Gasteiger partial charge in [-0.1, -0.05) is 63.2 Å². The fourth-order valence-corrected chi connectivity index (χ4v) is 4.48. The molecule has 1 aromatic heterocycles. The Hall–Kier alpha value is -2.99. The molecule has 6 heteroatoms. The Bertz CT molecular complexity index is 1110. The lowest BCUT2D eigenvalue weighted by Gasteiger charge is -2.34. The summed E-state index contributed by atoms with van der Waals surface area (Å²) in [4.78, 5) is 34.1. The molecular weight excluding hydrogens is 414 g/mol. The van der Waals surface area contributed by atoms with Gasteiger partial charge in [-0.05, 0) is 37.0 Å². The fourth-order valence-electron chi connectivity index (χ4n) is 4.48. The minimum atomic E-state index is -0.302. The number of nitrogens with zero attached hydrogens (tertiary/aromatic N) is 3. The SMILES string of the molecule is CCCN(C(=O)C(CC)c1ccccc1)C(CC)c1nc2ccccc2c(=O)n1CCOC. The average molecular weight is 450 g/mol. The predicted molar refractivity (Wildman–Crippen MR) is 132 cm³/mol. The van der Waals surface area contributed by atoms with Gasteiger partial charge < -0.3 is 9.64 Å². The number of amides is 1. The number of benzene rings is 2. The van der Waals surface area contributed by atoms with Gasteiger partial charge in [0.25, 0.3) is 5.56 Å². The summed E-state index contributed by atoms with van der Waals surface area (Å²) < 4.78 is 6.98. The topological polar surface area (TPSA) is 64.4 Å². The van der Waals surface area contributed by atoms with E-state index in [0.717, 1.165) is 12.0 Å². The van der Waals surface area contributed by atoms with Crippen molar-refractivity contribution in [3.63, 3.8) is 0 Å². The molecule has 0 N–H and O–H groups in total. The van der Waals surface area contributed by atoms with Crippen molar-refractivity contribution in [1.29, 1.82) is 0 Å². The molecule has 0 aliphatic heterocycles. The van der Waals surface area contributed by atoms with Gasteiger partial charge in [-0.25, -0.2) is 4.98 Å². The van der Waals surface area contributed by atoms with Crippen LogP contribution in [0.1, 0.15) is 63.4 Å². The third-order valence-electron chi connectivity index (χ3n) is 6.13. The molecule has 176 valence electrons. The molecule has 0 radical (unpaired) electrons.